The fourth-order valence-electron chi connectivity index (χ4n) is 2.64. The maximum absolute atomic E-state index is 12.6. The molecule has 0 saturated heterocycles. The molecule has 10 heteroatoms. The predicted molar refractivity (Wildman–Crippen MR) is 109 cm³/mol. The zero-order valence-electron chi connectivity index (χ0n) is 15.8. The van der Waals surface area contributed by atoms with E-state index in [0.29, 0.717) is 22.2 Å². The van der Waals surface area contributed by atoms with Crippen LogP contribution in [0, 0.1) is 0 Å². The van der Waals surface area contributed by atoms with Gasteiger partial charge >= 0.3 is 0 Å². The van der Waals surface area contributed by atoms with Crippen LogP contribution in [0.3, 0.4) is 0 Å². The van der Waals surface area contributed by atoms with Crippen molar-refractivity contribution in [2.24, 2.45) is 0 Å². The van der Waals surface area contributed by atoms with Crippen molar-refractivity contribution >= 4 is 39.8 Å². The summed E-state index contributed by atoms with van der Waals surface area (Å²) in [6.07, 6.45) is 0. The Balaban J connectivity index is 1.71. The minimum atomic E-state index is -0.876. The second-order valence-corrected chi connectivity index (χ2v) is 7.08. The molecule has 2 heterocycles. The average Bonchev–Trinajstić information content (AvgIpc) is 3.27. The molecule has 29 heavy (non-hydrogen) atoms. The smallest absolute Gasteiger partial charge is 0.290 e. The molecule has 0 aliphatic carbocycles. The van der Waals surface area contributed by atoms with E-state index in [1.807, 2.05) is 0 Å². The maximum Gasteiger partial charge on any atom is 0.290 e. The molecule has 0 spiro atoms. The van der Waals surface area contributed by atoms with E-state index in [-0.39, 0.29) is 17.2 Å². The van der Waals surface area contributed by atoms with Crippen molar-refractivity contribution in [2.75, 3.05) is 0 Å². The summed E-state index contributed by atoms with van der Waals surface area (Å²) in [6, 6.07) is 9.12. The Kier molecular flexibility index (Phi) is 6.03. The van der Waals surface area contributed by atoms with Crippen LogP contribution >= 0.6 is 11.3 Å². The van der Waals surface area contributed by atoms with Gasteiger partial charge in [-0.1, -0.05) is 24.3 Å². The Morgan fingerprint density at radius 3 is 2.45 bits per heavy atom. The number of rotatable bonds is 5. The van der Waals surface area contributed by atoms with Gasteiger partial charge < -0.3 is 5.32 Å². The molecule has 0 fully saturated rings. The normalized spacial score (nSPS) is 11.7. The highest BCUT2D eigenvalue weighted by atomic mass is 32.1. The molecule has 1 aromatic carbocycles. The van der Waals surface area contributed by atoms with E-state index in [1.165, 1.54) is 22.9 Å². The lowest BCUT2D eigenvalue weighted by atomic mass is 10.1. The van der Waals surface area contributed by atoms with Gasteiger partial charge in [-0.3, -0.25) is 30.0 Å². The Hall–Kier alpha value is -3.53. The lowest BCUT2D eigenvalue weighted by Crippen LogP contribution is -2.51. The second-order valence-electron chi connectivity index (χ2n) is 6.13. The molecule has 1 unspecified atom stereocenters. The zero-order chi connectivity index (χ0) is 21.0. The highest BCUT2D eigenvalue weighted by Crippen LogP contribution is 2.13. The van der Waals surface area contributed by atoms with E-state index >= 15 is 0 Å². The van der Waals surface area contributed by atoms with Crippen LogP contribution in [-0.2, 0) is 11.3 Å². The molecule has 0 saturated carbocycles. The van der Waals surface area contributed by atoms with Crippen molar-refractivity contribution in [1.29, 1.82) is 0 Å². The third-order valence-electron chi connectivity index (χ3n) is 4.17. The van der Waals surface area contributed by atoms with E-state index in [2.05, 4.69) is 21.3 Å². The number of carbonyl (C=O) groups is 3. The molecule has 3 N–H and O–H groups in total. The fraction of sp³-hybridized carbons (Fsp3) is 0.211. The van der Waals surface area contributed by atoms with Gasteiger partial charge in [-0.2, -0.15) is 5.10 Å². The number of nitrogens with one attached hydrogen (secondary N) is 3. The molecule has 0 aliphatic rings. The number of fused-ring (bicyclic) bond motifs is 1. The number of hydrogen-bond donors (Lipinski definition) is 3. The number of thiophene rings is 1. The molecule has 2 aromatic heterocycles. The highest BCUT2D eigenvalue weighted by Gasteiger charge is 2.20. The van der Waals surface area contributed by atoms with E-state index in [9.17, 15) is 19.2 Å². The number of aryl methyl sites for hydroxylation is 1. The van der Waals surface area contributed by atoms with Crippen LogP contribution in [0.5, 0.6) is 0 Å². The first-order valence-corrected chi connectivity index (χ1v) is 9.74. The van der Waals surface area contributed by atoms with Crippen molar-refractivity contribution in [3.8, 4) is 0 Å². The van der Waals surface area contributed by atoms with Gasteiger partial charge in [0.1, 0.15) is 6.04 Å². The molecule has 3 rings (SSSR count). The largest absolute Gasteiger partial charge is 0.340 e. The predicted octanol–water partition coefficient (Wildman–Crippen LogP) is 1.06. The molecule has 0 aliphatic heterocycles. The molecular formula is C19H19N5O4S. The Morgan fingerprint density at radius 1 is 1.07 bits per heavy atom. The molecule has 0 radical (unpaired) electrons. The lowest BCUT2D eigenvalue weighted by Gasteiger charge is -2.15. The van der Waals surface area contributed by atoms with Crippen molar-refractivity contribution < 1.29 is 14.4 Å². The van der Waals surface area contributed by atoms with Crippen molar-refractivity contribution in [1.82, 2.24) is 25.9 Å². The van der Waals surface area contributed by atoms with Crippen LogP contribution in [0.25, 0.3) is 10.8 Å². The number of amides is 3. The molecule has 3 aromatic rings. The van der Waals surface area contributed by atoms with Crippen LogP contribution < -0.4 is 21.7 Å². The SMILES string of the molecule is CCn1nc(C(=O)NNC(=O)C(C)NC(=O)c2cccs2)c2ccccc2c1=O. The third-order valence-corrected chi connectivity index (χ3v) is 5.04. The number of carbonyl (C=O) groups excluding carboxylic acids is 3. The summed E-state index contributed by atoms with van der Waals surface area (Å²) in [5.74, 6) is -1.65. The van der Waals surface area contributed by atoms with Crippen LogP contribution in [0.4, 0.5) is 0 Å². The van der Waals surface area contributed by atoms with Crippen LogP contribution in [0.1, 0.15) is 34.0 Å². The first kappa shape index (κ1) is 20.2. The summed E-state index contributed by atoms with van der Waals surface area (Å²) in [6.45, 7) is 3.53. The van der Waals surface area contributed by atoms with Crippen LogP contribution in [0.15, 0.2) is 46.6 Å². The van der Waals surface area contributed by atoms with Crippen molar-refractivity contribution in [2.45, 2.75) is 26.4 Å². The lowest BCUT2D eigenvalue weighted by molar-refractivity contribution is -0.123. The molecule has 3 amide bonds. The quantitative estimate of drug-likeness (QED) is 0.540. The molecule has 1 atom stereocenters. The summed E-state index contributed by atoms with van der Waals surface area (Å²) in [5, 5.41) is 9.14. The number of benzene rings is 1. The second kappa shape index (κ2) is 8.65. The van der Waals surface area contributed by atoms with Crippen molar-refractivity contribution in [3.05, 3.63) is 62.7 Å². The summed E-state index contributed by atoms with van der Waals surface area (Å²) in [4.78, 5) is 49.6. The van der Waals surface area contributed by atoms with Gasteiger partial charge in [0, 0.05) is 11.9 Å². The first-order valence-electron chi connectivity index (χ1n) is 8.86. The van der Waals surface area contributed by atoms with Crippen LogP contribution in [-0.4, -0.2) is 33.5 Å². The fourth-order valence-corrected chi connectivity index (χ4v) is 3.27. The summed E-state index contributed by atoms with van der Waals surface area (Å²) in [5.41, 5.74) is 4.27. The maximum atomic E-state index is 12.6. The summed E-state index contributed by atoms with van der Waals surface area (Å²) < 4.78 is 1.18. The van der Waals surface area contributed by atoms with Crippen molar-refractivity contribution in [3.63, 3.8) is 0 Å². The first-order chi connectivity index (χ1) is 13.9. The Morgan fingerprint density at radius 2 is 1.79 bits per heavy atom. The van der Waals surface area contributed by atoms with Gasteiger partial charge in [-0.15, -0.1) is 11.3 Å². The summed E-state index contributed by atoms with van der Waals surface area (Å²) >= 11 is 1.26. The number of nitrogens with zero attached hydrogens (tertiary/aromatic N) is 2. The van der Waals surface area contributed by atoms with Gasteiger partial charge in [0.25, 0.3) is 23.3 Å². The summed E-state index contributed by atoms with van der Waals surface area (Å²) in [7, 11) is 0. The van der Waals surface area contributed by atoms with E-state index in [1.54, 1.807) is 48.7 Å². The molecular weight excluding hydrogens is 394 g/mol. The van der Waals surface area contributed by atoms with E-state index in [0.717, 1.165) is 0 Å². The molecule has 0 bridgehead atoms. The standard InChI is InChI=1S/C19H19N5O4S/c1-3-24-19(28)13-8-5-4-7-12(13)15(23-24)18(27)22-21-16(25)11(2)20-17(26)14-9-6-10-29-14/h4-11H,3H2,1-2H3,(H,20,26)(H,21,25)(H,22,27). The van der Waals surface area contributed by atoms with Gasteiger partial charge in [0.05, 0.1) is 10.3 Å². The molecule has 150 valence electrons. The minimum Gasteiger partial charge on any atom is -0.340 e. The van der Waals surface area contributed by atoms with E-state index < -0.39 is 17.9 Å². The number of hydrazine groups is 1. The molecule has 9 nitrogen and oxygen atoms in total. The van der Waals surface area contributed by atoms with E-state index in [4.69, 9.17) is 0 Å². The number of hydrogen-bond acceptors (Lipinski definition) is 6. The van der Waals surface area contributed by atoms with Gasteiger partial charge in [0.2, 0.25) is 0 Å². The van der Waals surface area contributed by atoms with Crippen LogP contribution in [0.2, 0.25) is 0 Å². The van der Waals surface area contributed by atoms with Gasteiger partial charge in [-0.25, -0.2) is 4.68 Å². The van der Waals surface area contributed by atoms with Gasteiger partial charge in [0.15, 0.2) is 5.69 Å². The number of aromatic nitrogens is 2. The highest BCUT2D eigenvalue weighted by molar-refractivity contribution is 7.12. The average molecular weight is 413 g/mol. The van der Waals surface area contributed by atoms with Gasteiger partial charge in [-0.05, 0) is 31.4 Å². The Labute approximate surface area is 169 Å². The topological polar surface area (TPSA) is 122 Å². The minimum absolute atomic E-state index is 0.0117. The third kappa shape index (κ3) is 4.32. The Bertz CT molecular complexity index is 1120. The monoisotopic (exact) mass is 413 g/mol. The zero-order valence-corrected chi connectivity index (χ0v) is 16.6.